The van der Waals surface area contributed by atoms with Crippen molar-refractivity contribution in [3.8, 4) is 5.75 Å². The van der Waals surface area contributed by atoms with Crippen molar-refractivity contribution in [2.75, 3.05) is 39.5 Å². The first-order valence-corrected chi connectivity index (χ1v) is 8.26. The largest absolute Gasteiger partial charge is 0.494 e. The molecule has 1 aliphatic rings. The molecule has 0 aromatic heterocycles. The van der Waals surface area contributed by atoms with E-state index < -0.39 is 0 Å². The Morgan fingerprint density at radius 3 is 2.67 bits per heavy atom. The highest BCUT2D eigenvalue weighted by molar-refractivity contribution is 5.39. The Kier molecular flexibility index (Phi) is 6.52. The van der Waals surface area contributed by atoms with E-state index in [-0.39, 0.29) is 0 Å². The fraction of sp³-hybridized carbons (Fsp3) is 0.667. The summed E-state index contributed by atoms with van der Waals surface area (Å²) in [6, 6.07) is 6.69. The Labute approximate surface area is 129 Å². The lowest BCUT2D eigenvalue weighted by molar-refractivity contribution is 0.0374. The standard InChI is InChI=1S/C18H29NO2/c1-4-21-18-8-7-16(14-17(18)15(2)3)6-5-9-19-10-12-20-13-11-19/h7-8,14-15H,4-6,9-13H2,1-3H3. The minimum absolute atomic E-state index is 0.505. The number of rotatable bonds is 7. The van der Waals surface area contributed by atoms with Gasteiger partial charge in [-0.05, 0) is 49.4 Å². The van der Waals surface area contributed by atoms with Crippen LogP contribution in [0, 0.1) is 0 Å². The molecule has 0 atom stereocenters. The third kappa shape index (κ3) is 5.01. The molecule has 0 spiro atoms. The zero-order chi connectivity index (χ0) is 15.1. The van der Waals surface area contributed by atoms with Crippen LogP contribution in [0.5, 0.6) is 5.75 Å². The van der Waals surface area contributed by atoms with Crippen LogP contribution >= 0.6 is 0 Å². The van der Waals surface area contributed by atoms with Crippen molar-refractivity contribution in [1.29, 1.82) is 0 Å². The van der Waals surface area contributed by atoms with Crippen LogP contribution < -0.4 is 4.74 Å². The molecule has 1 heterocycles. The molecule has 1 aromatic carbocycles. The number of benzene rings is 1. The maximum Gasteiger partial charge on any atom is 0.122 e. The molecule has 3 nitrogen and oxygen atoms in total. The van der Waals surface area contributed by atoms with E-state index in [0.717, 1.165) is 45.1 Å². The van der Waals surface area contributed by atoms with Gasteiger partial charge in [0.2, 0.25) is 0 Å². The van der Waals surface area contributed by atoms with Gasteiger partial charge < -0.3 is 9.47 Å². The van der Waals surface area contributed by atoms with Gasteiger partial charge in [0.05, 0.1) is 19.8 Å². The van der Waals surface area contributed by atoms with Crippen molar-refractivity contribution in [2.24, 2.45) is 0 Å². The van der Waals surface area contributed by atoms with Crippen LogP contribution in [-0.2, 0) is 11.2 Å². The molecule has 0 unspecified atom stereocenters. The van der Waals surface area contributed by atoms with E-state index in [1.165, 1.54) is 24.1 Å². The fourth-order valence-electron chi connectivity index (χ4n) is 2.82. The first-order valence-electron chi connectivity index (χ1n) is 8.26. The molecular formula is C18H29NO2. The van der Waals surface area contributed by atoms with Crippen LogP contribution in [0.2, 0.25) is 0 Å². The van der Waals surface area contributed by atoms with Gasteiger partial charge in [0.1, 0.15) is 5.75 Å². The second-order valence-electron chi connectivity index (χ2n) is 6.02. The Balaban J connectivity index is 1.89. The number of morpholine rings is 1. The topological polar surface area (TPSA) is 21.7 Å². The van der Waals surface area contributed by atoms with Crippen molar-refractivity contribution < 1.29 is 9.47 Å². The molecule has 0 aliphatic carbocycles. The lowest BCUT2D eigenvalue weighted by Crippen LogP contribution is -2.36. The normalized spacial score (nSPS) is 16.4. The molecule has 0 bridgehead atoms. The van der Waals surface area contributed by atoms with Crippen LogP contribution in [-0.4, -0.2) is 44.4 Å². The van der Waals surface area contributed by atoms with E-state index in [4.69, 9.17) is 9.47 Å². The van der Waals surface area contributed by atoms with Crippen LogP contribution in [0.1, 0.15) is 44.2 Å². The van der Waals surface area contributed by atoms with Gasteiger partial charge in [0.15, 0.2) is 0 Å². The van der Waals surface area contributed by atoms with E-state index in [0.29, 0.717) is 5.92 Å². The lowest BCUT2D eigenvalue weighted by Gasteiger charge is -2.26. The lowest BCUT2D eigenvalue weighted by atomic mass is 9.97. The molecule has 2 rings (SSSR count). The van der Waals surface area contributed by atoms with E-state index in [1.54, 1.807) is 0 Å². The molecule has 0 radical (unpaired) electrons. The van der Waals surface area contributed by atoms with Gasteiger partial charge in [-0.1, -0.05) is 26.0 Å². The smallest absolute Gasteiger partial charge is 0.122 e. The van der Waals surface area contributed by atoms with E-state index in [9.17, 15) is 0 Å². The minimum Gasteiger partial charge on any atom is -0.494 e. The molecule has 21 heavy (non-hydrogen) atoms. The van der Waals surface area contributed by atoms with Crippen LogP contribution in [0.3, 0.4) is 0 Å². The monoisotopic (exact) mass is 291 g/mol. The summed E-state index contributed by atoms with van der Waals surface area (Å²) in [7, 11) is 0. The van der Waals surface area contributed by atoms with E-state index in [2.05, 4.69) is 36.9 Å². The average molecular weight is 291 g/mol. The van der Waals surface area contributed by atoms with Crippen molar-refractivity contribution in [2.45, 2.75) is 39.5 Å². The highest BCUT2D eigenvalue weighted by atomic mass is 16.5. The molecule has 1 fully saturated rings. The average Bonchev–Trinajstić information content (AvgIpc) is 2.50. The fourth-order valence-corrected chi connectivity index (χ4v) is 2.82. The zero-order valence-electron chi connectivity index (χ0n) is 13.7. The second kappa shape index (κ2) is 8.40. The third-order valence-corrected chi connectivity index (χ3v) is 4.04. The zero-order valence-corrected chi connectivity index (χ0v) is 13.7. The summed E-state index contributed by atoms with van der Waals surface area (Å²) in [4.78, 5) is 2.50. The van der Waals surface area contributed by atoms with Crippen LogP contribution in [0.15, 0.2) is 18.2 Å². The minimum atomic E-state index is 0.505. The number of nitrogens with zero attached hydrogens (tertiary/aromatic N) is 1. The summed E-state index contributed by atoms with van der Waals surface area (Å²) in [6.45, 7) is 12.4. The molecule has 0 N–H and O–H groups in total. The van der Waals surface area contributed by atoms with Crippen molar-refractivity contribution in [3.05, 3.63) is 29.3 Å². The van der Waals surface area contributed by atoms with Crippen LogP contribution in [0.25, 0.3) is 0 Å². The third-order valence-electron chi connectivity index (χ3n) is 4.04. The predicted octanol–water partition coefficient (Wildman–Crippen LogP) is 3.47. The highest BCUT2D eigenvalue weighted by Gasteiger charge is 2.11. The van der Waals surface area contributed by atoms with Crippen LogP contribution in [0.4, 0.5) is 0 Å². The molecule has 0 amide bonds. The molecule has 1 saturated heterocycles. The van der Waals surface area contributed by atoms with Crippen molar-refractivity contribution >= 4 is 0 Å². The predicted molar refractivity (Wildman–Crippen MR) is 87.3 cm³/mol. The number of hydrogen-bond donors (Lipinski definition) is 0. The summed E-state index contributed by atoms with van der Waals surface area (Å²) in [5.41, 5.74) is 2.76. The van der Waals surface area contributed by atoms with Gasteiger partial charge in [-0.25, -0.2) is 0 Å². The Bertz CT molecular complexity index is 425. The summed E-state index contributed by atoms with van der Waals surface area (Å²) in [6.07, 6.45) is 2.36. The molecule has 3 heteroatoms. The molecule has 1 aliphatic heterocycles. The number of hydrogen-bond acceptors (Lipinski definition) is 3. The summed E-state index contributed by atoms with van der Waals surface area (Å²) >= 11 is 0. The first kappa shape index (κ1) is 16.3. The maximum atomic E-state index is 5.73. The molecular weight excluding hydrogens is 262 g/mol. The Hall–Kier alpha value is -1.06. The maximum absolute atomic E-state index is 5.73. The first-order chi connectivity index (χ1) is 10.2. The van der Waals surface area contributed by atoms with Crippen molar-refractivity contribution in [3.63, 3.8) is 0 Å². The van der Waals surface area contributed by atoms with Gasteiger partial charge in [-0.2, -0.15) is 0 Å². The Morgan fingerprint density at radius 1 is 1.24 bits per heavy atom. The summed E-state index contributed by atoms with van der Waals surface area (Å²) < 4.78 is 11.1. The van der Waals surface area contributed by atoms with Gasteiger partial charge in [0.25, 0.3) is 0 Å². The molecule has 1 aromatic rings. The van der Waals surface area contributed by atoms with Gasteiger partial charge in [-0.3, -0.25) is 4.90 Å². The SMILES string of the molecule is CCOc1ccc(CCCN2CCOCC2)cc1C(C)C. The molecule has 118 valence electrons. The second-order valence-corrected chi connectivity index (χ2v) is 6.02. The van der Waals surface area contributed by atoms with E-state index in [1.807, 2.05) is 6.92 Å². The van der Waals surface area contributed by atoms with Gasteiger partial charge in [0, 0.05) is 13.1 Å². The van der Waals surface area contributed by atoms with Crippen molar-refractivity contribution in [1.82, 2.24) is 4.90 Å². The Morgan fingerprint density at radius 2 is 2.00 bits per heavy atom. The number of ether oxygens (including phenoxy) is 2. The van der Waals surface area contributed by atoms with Gasteiger partial charge >= 0.3 is 0 Å². The van der Waals surface area contributed by atoms with E-state index >= 15 is 0 Å². The summed E-state index contributed by atoms with van der Waals surface area (Å²) in [5, 5.41) is 0. The molecule has 0 saturated carbocycles. The quantitative estimate of drug-likeness (QED) is 0.768. The highest BCUT2D eigenvalue weighted by Crippen LogP contribution is 2.28. The number of aryl methyl sites for hydroxylation is 1. The summed E-state index contributed by atoms with van der Waals surface area (Å²) in [5.74, 6) is 1.55. The van der Waals surface area contributed by atoms with Gasteiger partial charge in [-0.15, -0.1) is 0 Å².